The summed E-state index contributed by atoms with van der Waals surface area (Å²) in [6.45, 7) is 1.07. The second kappa shape index (κ2) is 4.69. The summed E-state index contributed by atoms with van der Waals surface area (Å²) in [5, 5.41) is 18.5. The zero-order valence-corrected chi connectivity index (χ0v) is 10.6. The Morgan fingerprint density at radius 3 is 2.62 bits per heavy atom. The predicted octanol–water partition coefficient (Wildman–Crippen LogP) is 2.73. The first-order valence-electron chi connectivity index (χ1n) is 4.31. The molecule has 88 valence electrons. The molecule has 0 fully saturated rings. The van der Waals surface area contributed by atoms with Gasteiger partial charge in [0.1, 0.15) is 5.60 Å². The average molecular weight is 312 g/mol. The summed E-state index contributed by atoms with van der Waals surface area (Å²) >= 11 is 8.97. The molecule has 6 heteroatoms. The highest BCUT2D eigenvalue weighted by atomic mass is 79.9. The van der Waals surface area contributed by atoms with E-state index >= 15 is 0 Å². The molecule has 0 radical (unpaired) electrons. The van der Waals surface area contributed by atoms with Gasteiger partial charge in [-0.25, -0.2) is 9.18 Å². The maximum absolute atomic E-state index is 13.3. The molecule has 2 unspecified atom stereocenters. The number of rotatable bonds is 3. The Hall–Kier alpha value is -0.650. The van der Waals surface area contributed by atoms with Crippen molar-refractivity contribution in [2.24, 2.45) is 0 Å². The lowest BCUT2D eigenvalue weighted by Gasteiger charge is -2.26. The molecule has 1 aromatic carbocycles. The molecule has 2 N–H and O–H groups in total. The molecule has 3 nitrogen and oxygen atoms in total. The number of halogens is 3. The third-order valence-electron chi connectivity index (χ3n) is 2.19. The van der Waals surface area contributed by atoms with Crippen molar-refractivity contribution >= 4 is 33.5 Å². The van der Waals surface area contributed by atoms with Crippen LogP contribution in [0, 0.1) is 0 Å². The van der Waals surface area contributed by atoms with E-state index in [0.717, 1.165) is 6.92 Å². The minimum absolute atomic E-state index is 0.0345. The lowest BCUT2D eigenvalue weighted by molar-refractivity contribution is -0.153. The summed E-state index contributed by atoms with van der Waals surface area (Å²) in [4.78, 5) is 10.5. The van der Waals surface area contributed by atoms with Crippen LogP contribution < -0.4 is 0 Å². The van der Waals surface area contributed by atoms with E-state index < -0.39 is 17.7 Å². The molecular weight excluding hydrogens is 302 g/mol. The van der Waals surface area contributed by atoms with E-state index in [4.69, 9.17) is 16.7 Å². The van der Waals surface area contributed by atoms with Crippen LogP contribution in [0.15, 0.2) is 22.7 Å². The number of benzene rings is 1. The topological polar surface area (TPSA) is 57.5 Å². The molecule has 0 aliphatic rings. The predicted molar refractivity (Wildman–Crippen MR) is 61.3 cm³/mol. The van der Waals surface area contributed by atoms with Crippen LogP contribution in [0.25, 0.3) is 0 Å². The first kappa shape index (κ1) is 13.4. The molecule has 1 aromatic rings. The Labute approximate surface area is 105 Å². The summed E-state index contributed by atoms with van der Waals surface area (Å²) in [5.41, 5.74) is -2.13. The third-order valence-corrected chi connectivity index (χ3v) is 2.99. The van der Waals surface area contributed by atoms with E-state index in [1.807, 2.05) is 0 Å². The summed E-state index contributed by atoms with van der Waals surface area (Å²) in [7, 11) is 0. The summed E-state index contributed by atoms with van der Waals surface area (Å²) in [6, 6.07) is 4.38. The zero-order valence-electron chi connectivity index (χ0n) is 8.25. The minimum atomic E-state index is -2.44. The van der Waals surface area contributed by atoms with E-state index in [-0.39, 0.29) is 10.6 Å². The molecule has 2 atom stereocenters. The van der Waals surface area contributed by atoms with E-state index in [1.54, 1.807) is 6.07 Å². The molecule has 0 amide bonds. The molecule has 16 heavy (non-hydrogen) atoms. The van der Waals surface area contributed by atoms with E-state index in [9.17, 15) is 14.3 Å². The van der Waals surface area contributed by atoms with Crippen LogP contribution in [0.1, 0.15) is 12.5 Å². The van der Waals surface area contributed by atoms with Crippen molar-refractivity contribution < 1.29 is 19.4 Å². The highest BCUT2D eigenvalue weighted by Gasteiger charge is 2.40. The van der Waals surface area contributed by atoms with Gasteiger partial charge in [-0.15, -0.1) is 0 Å². The molecular formula is C10H9BrClFO3. The van der Waals surface area contributed by atoms with Crippen LogP contribution in [0.2, 0.25) is 5.02 Å². The maximum Gasteiger partial charge on any atom is 0.341 e. The van der Waals surface area contributed by atoms with Gasteiger partial charge in [0.25, 0.3) is 0 Å². The smallest absolute Gasteiger partial charge is 0.341 e. The SMILES string of the molecule is CC(O)(c1ccc(Br)cc1Cl)C(F)C(=O)O. The van der Waals surface area contributed by atoms with Gasteiger partial charge < -0.3 is 10.2 Å². The molecule has 0 saturated heterocycles. The fraction of sp³-hybridized carbons (Fsp3) is 0.300. The van der Waals surface area contributed by atoms with Crippen LogP contribution in [-0.2, 0) is 10.4 Å². The Balaban J connectivity index is 3.21. The van der Waals surface area contributed by atoms with Gasteiger partial charge in [-0.05, 0) is 19.1 Å². The Kier molecular flexibility index (Phi) is 3.93. The minimum Gasteiger partial charge on any atom is -0.479 e. The number of aliphatic carboxylic acids is 1. The van der Waals surface area contributed by atoms with Gasteiger partial charge in [-0.3, -0.25) is 0 Å². The van der Waals surface area contributed by atoms with Crippen LogP contribution in [0.4, 0.5) is 4.39 Å². The van der Waals surface area contributed by atoms with Crippen molar-refractivity contribution in [3.05, 3.63) is 33.3 Å². The molecule has 0 aromatic heterocycles. The van der Waals surface area contributed by atoms with E-state index in [1.165, 1.54) is 12.1 Å². The Morgan fingerprint density at radius 1 is 1.62 bits per heavy atom. The number of hydrogen-bond donors (Lipinski definition) is 2. The molecule has 0 saturated carbocycles. The maximum atomic E-state index is 13.3. The molecule has 0 aliphatic heterocycles. The van der Waals surface area contributed by atoms with E-state index in [2.05, 4.69) is 15.9 Å². The van der Waals surface area contributed by atoms with Crippen LogP contribution in [0.5, 0.6) is 0 Å². The van der Waals surface area contributed by atoms with Crippen molar-refractivity contribution in [3.8, 4) is 0 Å². The second-order valence-electron chi connectivity index (χ2n) is 3.47. The van der Waals surface area contributed by atoms with Gasteiger partial charge in [-0.2, -0.15) is 0 Å². The van der Waals surface area contributed by atoms with Crippen molar-refractivity contribution in [2.45, 2.75) is 18.7 Å². The number of aliphatic hydroxyl groups is 1. The van der Waals surface area contributed by atoms with Gasteiger partial charge in [0.2, 0.25) is 6.17 Å². The Morgan fingerprint density at radius 2 is 2.19 bits per heavy atom. The number of carbonyl (C=O) groups is 1. The molecule has 1 rings (SSSR count). The first-order chi connectivity index (χ1) is 7.26. The first-order valence-corrected chi connectivity index (χ1v) is 5.48. The van der Waals surface area contributed by atoms with Crippen molar-refractivity contribution in [2.75, 3.05) is 0 Å². The summed E-state index contributed by atoms with van der Waals surface area (Å²) in [5.74, 6) is -1.73. The fourth-order valence-corrected chi connectivity index (χ4v) is 2.14. The fourth-order valence-electron chi connectivity index (χ4n) is 1.28. The number of carboxylic acids is 1. The quantitative estimate of drug-likeness (QED) is 0.902. The van der Waals surface area contributed by atoms with Gasteiger partial charge in [0.05, 0.1) is 0 Å². The molecule has 0 spiro atoms. The molecule has 0 heterocycles. The monoisotopic (exact) mass is 310 g/mol. The summed E-state index contributed by atoms with van der Waals surface area (Å²) in [6.07, 6.45) is -2.44. The van der Waals surface area contributed by atoms with Crippen LogP contribution in [0.3, 0.4) is 0 Å². The average Bonchev–Trinajstić information content (AvgIpc) is 2.15. The summed E-state index contributed by atoms with van der Waals surface area (Å²) < 4.78 is 14.0. The largest absolute Gasteiger partial charge is 0.479 e. The van der Waals surface area contributed by atoms with Gasteiger partial charge in [0.15, 0.2) is 0 Å². The number of carboxylic acid groups (broad SMARTS) is 1. The van der Waals surface area contributed by atoms with Crippen molar-refractivity contribution in [3.63, 3.8) is 0 Å². The van der Waals surface area contributed by atoms with Crippen molar-refractivity contribution in [1.29, 1.82) is 0 Å². The number of hydrogen-bond acceptors (Lipinski definition) is 2. The molecule has 0 aliphatic carbocycles. The molecule has 0 bridgehead atoms. The van der Waals surface area contributed by atoms with Gasteiger partial charge in [0, 0.05) is 15.1 Å². The van der Waals surface area contributed by atoms with Gasteiger partial charge >= 0.3 is 5.97 Å². The van der Waals surface area contributed by atoms with Gasteiger partial charge in [-0.1, -0.05) is 33.6 Å². The Bertz CT molecular complexity index is 423. The van der Waals surface area contributed by atoms with E-state index in [0.29, 0.717) is 4.47 Å². The van der Waals surface area contributed by atoms with Crippen LogP contribution >= 0.6 is 27.5 Å². The normalized spacial score (nSPS) is 16.6. The standard InChI is InChI=1S/C10H9BrClFO3/c1-10(16,8(13)9(14)15)6-3-2-5(11)4-7(6)12/h2-4,8,16H,1H3,(H,14,15). The highest BCUT2D eigenvalue weighted by Crippen LogP contribution is 2.34. The van der Waals surface area contributed by atoms with Crippen LogP contribution in [-0.4, -0.2) is 22.4 Å². The second-order valence-corrected chi connectivity index (χ2v) is 4.80. The lowest BCUT2D eigenvalue weighted by Crippen LogP contribution is -2.39. The number of alkyl halides is 1. The highest BCUT2D eigenvalue weighted by molar-refractivity contribution is 9.10. The van der Waals surface area contributed by atoms with Crippen molar-refractivity contribution in [1.82, 2.24) is 0 Å². The lowest BCUT2D eigenvalue weighted by atomic mass is 9.91. The third kappa shape index (κ3) is 2.53. The zero-order chi connectivity index (χ0) is 12.5.